The van der Waals surface area contributed by atoms with Crippen LogP contribution in [0.3, 0.4) is 0 Å². The molecule has 0 fully saturated rings. The van der Waals surface area contributed by atoms with Gasteiger partial charge in [0.2, 0.25) is 11.8 Å². The van der Waals surface area contributed by atoms with E-state index in [-0.39, 0.29) is 45.8 Å². The summed E-state index contributed by atoms with van der Waals surface area (Å²) in [6, 6.07) is -1.37. The third kappa shape index (κ3) is 41.2. The minimum absolute atomic E-state index is 0.0984. The molecule has 66 heavy (non-hydrogen) atoms. The number of carbonyl (C=O) groups excluding carboxylic acids is 5. The number of phosphoric ester groups is 1. The van der Waals surface area contributed by atoms with Gasteiger partial charge in [-0.05, 0) is 33.6 Å². The van der Waals surface area contributed by atoms with Gasteiger partial charge in [0.25, 0.3) is 0 Å². The van der Waals surface area contributed by atoms with Gasteiger partial charge in [-0.2, -0.15) is 0 Å². The molecule has 3 N–H and O–H groups in total. The van der Waals surface area contributed by atoms with Crippen molar-refractivity contribution in [2.24, 2.45) is 0 Å². The number of phosphoric acid groups is 1. The minimum atomic E-state index is -4.33. The summed E-state index contributed by atoms with van der Waals surface area (Å²) in [6.45, 7) is 12.6. The first-order chi connectivity index (χ1) is 31.6. The molecule has 0 bridgehead atoms. The third-order valence-electron chi connectivity index (χ3n) is 10.7. The van der Waals surface area contributed by atoms with Gasteiger partial charge in [0.1, 0.15) is 18.2 Å². The van der Waals surface area contributed by atoms with Gasteiger partial charge in [0.15, 0.2) is 6.10 Å². The van der Waals surface area contributed by atoms with Crippen LogP contribution in [0.15, 0.2) is 12.7 Å². The van der Waals surface area contributed by atoms with Gasteiger partial charge in [0, 0.05) is 26.3 Å². The fraction of sp³-hybridized carbons (Fsp3) is 0.860. The molecule has 0 aliphatic heterocycles. The van der Waals surface area contributed by atoms with Crippen LogP contribution in [0, 0.1) is 0 Å². The highest BCUT2D eigenvalue weighted by molar-refractivity contribution is 7.48. The van der Waals surface area contributed by atoms with E-state index < -0.39 is 62.0 Å². The normalized spacial score (nSPS) is 13.2. The highest BCUT2D eigenvalue weighted by Crippen LogP contribution is 2.49. The summed E-state index contributed by atoms with van der Waals surface area (Å²) in [5.41, 5.74) is -0.723. The molecule has 3 atom stereocenters. The van der Waals surface area contributed by atoms with E-state index in [1.54, 1.807) is 20.8 Å². The van der Waals surface area contributed by atoms with Crippen molar-refractivity contribution in [3.8, 4) is 0 Å². The highest BCUT2D eigenvalue weighted by atomic mass is 31.2. The van der Waals surface area contributed by atoms with Crippen LogP contribution < -0.4 is 16.0 Å². The highest BCUT2D eigenvalue weighted by Gasteiger charge is 2.31. The van der Waals surface area contributed by atoms with Crippen molar-refractivity contribution in [2.45, 2.75) is 239 Å². The van der Waals surface area contributed by atoms with E-state index in [0.29, 0.717) is 12.8 Å². The third-order valence-corrected chi connectivity index (χ3v) is 12.1. The quantitative estimate of drug-likeness (QED) is 0.0172. The van der Waals surface area contributed by atoms with Crippen molar-refractivity contribution in [1.82, 2.24) is 16.0 Å². The number of alkyl carbamates (subject to hydrolysis) is 1. The molecule has 0 spiro atoms. The second-order valence-corrected chi connectivity index (χ2v) is 20.0. The Kier molecular flexibility index (Phi) is 40.2. The summed E-state index contributed by atoms with van der Waals surface area (Å²) < 4.78 is 45.9. The van der Waals surface area contributed by atoms with Crippen LogP contribution in [-0.4, -0.2) is 87.1 Å². The topological polar surface area (TPSA) is 194 Å². The van der Waals surface area contributed by atoms with Gasteiger partial charge >= 0.3 is 25.9 Å². The lowest BCUT2D eigenvalue weighted by molar-refractivity contribution is -0.159. The number of hydrogen-bond acceptors (Lipinski definition) is 12. The number of rotatable bonds is 45. The van der Waals surface area contributed by atoms with Gasteiger partial charge < -0.3 is 30.2 Å². The van der Waals surface area contributed by atoms with Gasteiger partial charge in [-0.1, -0.05) is 174 Å². The Labute approximate surface area is 400 Å². The number of ether oxygens (including phenoxy) is 3. The molecule has 386 valence electrons. The molecule has 0 aliphatic rings. The molecule has 0 saturated heterocycles. The molecule has 0 aromatic rings. The Morgan fingerprint density at radius 1 is 0.606 bits per heavy atom. The van der Waals surface area contributed by atoms with E-state index in [4.69, 9.17) is 27.8 Å². The van der Waals surface area contributed by atoms with Crippen molar-refractivity contribution in [3.05, 3.63) is 12.7 Å². The summed E-state index contributed by atoms with van der Waals surface area (Å²) in [5.74, 6) is -2.21. The number of nitrogens with one attached hydrogen (secondary N) is 3. The summed E-state index contributed by atoms with van der Waals surface area (Å²) >= 11 is 0. The van der Waals surface area contributed by atoms with E-state index in [1.807, 2.05) is 0 Å². The van der Waals surface area contributed by atoms with Crippen molar-refractivity contribution in [1.29, 1.82) is 0 Å². The van der Waals surface area contributed by atoms with Crippen LogP contribution in [0.25, 0.3) is 0 Å². The predicted octanol–water partition coefficient (Wildman–Crippen LogP) is 11.9. The SMILES string of the molecule is C=CCOP(=O)(OCCNC(=O)OC(C)(C)C)OC[C@@H](NC(C)=O)C(=O)NC[C@@H](COC(=O)CCCCCCCCCCCCCCC)OC(=O)CCCCCCCCCCCCCCC. The van der Waals surface area contributed by atoms with Crippen molar-refractivity contribution < 1.29 is 56.3 Å². The molecule has 1 unspecified atom stereocenters. The number of unbranched alkanes of at least 4 members (excludes halogenated alkanes) is 24. The Bertz CT molecular complexity index is 1330. The molecule has 0 heterocycles. The van der Waals surface area contributed by atoms with E-state index in [9.17, 15) is 28.5 Å². The van der Waals surface area contributed by atoms with Crippen LogP contribution in [0.1, 0.15) is 221 Å². The molecule has 16 heteroatoms. The number of carbonyl (C=O) groups is 5. The van der Waals surface area contributed by atoms with Crippen molar-refractivity contribution in [2.75, 3.05) is 39.5 Å². The molecule has 0 aliphatic carbocycles. The van der Waals surface area contributed by atoms with Gasteiger partial charge in [-0.25, -0.2) is 9.36 Å². The maximum Gasteiger partial charge on any atom is 0.475 e. The lowest BCUT2D eigenvalue weighted by Crippen LogP contribution is -2.50. The smallest absolute Gasteiger partial charge is 0.462 e. The zero-order chi connectivity index (χ0) is 49.2. The van der Waals surface area contributed by atoms with E-state index in [2.05, 4.69) is 36.4 Å². The molecule has 15 nitrogen and oxygen atoms in total. The fourth-order valence-corrected chi connectivity index (χ4v) is 8.18. The second-order valence-electron chi connectivity index (χ2n) is 18.4. The minimum Gasteiger partial charge on any atom is -0.462 e. The van der Waals surface area contributed by atoms with Crippen molar-refractivity contribution in [3.63, 3.8) is 0 Å². The lowest BCUT2D eigenvalue weighted by atomic mass is 10.0. The Balaban J connectivity index is 5.21. The molecule has 0 saturated carbocycles. The number of esters is 2. The largest absolute Gasteiger partial charge is 0.475 e. The zero-order valence-electron chi connectivity index (χ0n) is 42.3. The number of amides is 3. The maximum absolute atomic E-state index is 13.4. The standard InChI is InChI=1S/C50H94N3O12P/c1-8-11-13-15-17-19-21-23-25-27-29-31-33-35-46(55)60-41-44(64-47(56)36-34-32-30-28-26-24-22-20-18-16-14-12-9-2)40-52-48(57)45(53-43(4)54)42-63-66(59,61-38-10-3)62-39-37-51-49(58)65-50(5,6)7/h10,44-45H,3,8-9,11-42H2,1-2,4-7H3,(H,51,58)(H,52,57)(H,53,54)/t44-,45+,66?/m0/s1. The fourth-order valence-electron chi connectivity index (χ4n) is 7.02. The molecule has 0 aromatic heterocycles. The Morgan fingerprint density at radius 2 is 1.06 bits per heavy atom. The summed E-state index contributed by atoms with van der Waals surface area (Å²) in [4.78, 5) is 63.3. The van der Waals surface area contributed by atoms with Gasteiger partial charge in [0.05, 0.1) is 26.4 Å². The van der Waals surface area contributed by atoms with E-state index in [1.165, 1.54) is 129 Å². The summed E-state index contributed by atoms with van der Waals surface area (Å²) in [6.07, 6.45) is 30.8. The molecular weight excluding hydrogens is 866 g/mol. The van der Waals surface area contributed by atoms with Crippen LogP contribution >= 0.6 is 7.82 Å². The first-order valence-electron chi connectivity index (χ1n) is 25.7. The second kappa shape index (κ2) is 42.1. The Morgan fingerprint density at radius 3 is 1.50 bits per heavy atom. The molecule has 0 rings (SSSR count). The van der Waals surface area contributed by atoms with Gasteiger partial charge in [-0.3, -0.25) is 32.7 Å². The van der Waals surface area contributed by atoms with Crippen LogP contribution in [0.4, 0.5) is 4.79 Å². The van der Waals surface area contributed by atoms with Crippen LogP contribution in [0.5, 0.6) is 0 Å². The maximum atomic E-state index is 13.4. The monoisotopic (exact) mass is 960 g/mol. The molecule has 0 radical (unpaired) electrons. The first-order valence-corrected chi connectivity index (χ1v) is 27.1. The van der Waals surface area contributed by atoms with Crippen molar-refractivity contribution >= 4 is 37.7 Å². The zero-order valence-corrected chi connectivity index (χ0v) is 43.2. The van der Waals surface area contributed by atoms with Gasteiger partial charge in [-0.15, -0.1) is 6.58 Å². The molecular formula is C50H94N3O12P. The lowest BCUT2D eigenvalue weighted by Gasteiger charge is -2.23. The summed E-state index contributed by atoms with van der Waals surface area (Å²) in [5, 5.41) is 7.57. The van der Waals surface area contributed by atoms with Crippen LogP contribution in [-0.2, 0) is 51.5 Å². The number of hydrogen-bond donors (Lipinski definition) is 3. The average molecular weight is 960 g/mol. The molecule has 3 amide bonds. The summed E-state index contributed by atoms with van der Waals surface area (Å²) in [7, 11) is -4.33. The molecule has 0 aromatic carbocycles. The van der Waals surface area contributed by atoms with E-state index in [0.717, 1.165) is 38.5 Å². The first kappa shape index (κ1) is 63.0. The van der Waals surface area contributed by atoms with Crippen LogP contribution in [0.2, 0.25) is 0 Å². The Hall–Kier alpha value is -3.00. The van der Waals surface area contributed by atoms with E-state index >= 15 is 0 Å². The average Bonchev–Trinajstić information content (AvgIpc) is 3.26. The predicted molar refractivity (Wildman–Crippen MR) is 262 cm³/mol.